The first-order chi connectivity index (χ1) is 16.7. The molecule has 34 heavy (non-hydrogen) atoms. The van der Waals surface area contributed by atoms with Crippen molar-refractivity contribution in [2.24, 2.45) is 0 Å². The highest BCUT2D eigenvalue weighted by atomic mass is 16.5. The van der Waals surface area contributed by atoms with Crippen molar-refractivity contribution in [3.05, 3.63) is 42.4 Å². The minimum Gasteiger partial charge on any atom is -0.379 e. The van der Waals surface area contributed by atoms with E-state index in [0.29, 0.717) is 17.8 Å². The van der Waals surface area contributed by atoms with Crippen LogP contribution in [0.4, 0.5) is 5.82 Å². The van der Waals surface area contributed by atoms with Crippen molar-refractivity contribution in [2.75, 3.05) is 32.7 Å². The third kappa shape index (κ3) is 3.33. The summed E-state index contributed by atoms with van der Waals surface area (Å²) < 4.78 is 14.8. The van der Waals surface area contributed by atoms with E-state index < -0.39 is 0 Å². The number of methoxy groups -OCH3 is 1. The maximum atomic E-state index is 13.1. The van der Waals surface area contributed by atoms with Crippen LogP contribution in [0.2, 0.25) is 0 Å². The fourth-order valence-corrected chi connectivity index (χ4v) is 4.90. The number of nitrogens with zero attached hydrogens (tertiary/aromatic N) is 5. The number of carbonyl (C=O) groups excluding carboxylic acids is 1. The van der Waals surface area contributed by atoms with Crippen LogP contribution >= 0.6 is 0 Å². The lowest BCUT2D eigenvalue weighted by atomic mass is 9.89. The van der Waals surface area contributed by atoms with Crippen LogP contribution in [0.5, 0.6) is 0 Å². The number of hydrogen-bond acceptors (Lipinski definition) is 7. The van der Waals surface area contributed by atoms with Crippen molar-refractivity contribution in [1.29, 1.82) is 0 Å². The van der Waals surface area contributed by atoms with E-state index in [1.807, 2.05) is 25.4 Å². The van der Waals surface area contributed by atoms with Crippen LogP contribution in [-0.4, -0.2) is 69.6 Å². The van der Waals surface area contributed by atoms with E-state index in [-0.39, 0.29) is 24.1 Å². The molecule has 10 nitrogen and oxygen atoms in total. The van der Waals surface area contributed by atoms with Crippen LogP contribution < -0.4 is 10.6 Å². The van der Waals surface area contributed by atoms with Crippen LogP contribution in [0.15, 0.2) is 36.8 Å². The molecular formula is C24H27N7O3. The lowest BCUT2D eigenvalue weighted by Gasteiger charge is -2.35. The first-order valence-corrected chi connectivity index (χ1v) is 11.6. The standard InChI is InChI=1S/C24H27N7O3/c1-25-21-10-19(16-11-26-22-15(16)4-3-8-30(22)14-7-9-34-13-14)28-23-17(12-27-31(21)23)24(32)29-18-5-6-20(18)33-2/h3-4,8,10-12,14,18,20,25H,5-7,9,13H2,1-2H3,(H,29,32)/t14-,18?,20+/m1/s1. The van der Waals surface area contributed by atoms with Crippen molar-refractivity contribution >= 4 is 17.4 Å². The molecule has 10 heteroatoms. The zero-order chi connectivity index (χ0) is 23.2. The largest absolute Gasteiger partial charge is 0.379 e. The third-order valence-electron chi connectivity index (χ3n) is 6.98. The van der Waals surface area contributed by atoms with Gasteiger partial charge in [-0.3, -0.25) is 4.79 Å². The Morgan fingerprint density at radius 3 is 2.88 bits per heavy atom. The quantitative estimate of drug-likeness (QED) is 0.454. The topological polar surface area (TPSA) is 108 Å². The van der Waals surface area contributed by atoms with E-state index in [9.17, 15) is 4.79 Å². The normalized spacial score (nSPS) is 22.2. The summed E-state index contributed by atoms with van der Waals surface area (Å²) in [5, 5.41) is 10.7. The number of carbonyl (C=O) groups is 1. The molecule has 4 aliphatic rings. The Balaban J connectivity index is 1.39. The van der Waals surface area contributed by atoms with Gasteiger partial charge < -0.3 is 24.7 Å². The summed E-state index contributed by atoms with van der Waals surface area (Å²) in [6.45, 7) is 1.46. The van der Waals surface area contributed by atoms with E-state index in [4.69, 9.17) is 19.4 Å². The molecule has 1 aliphatic carbocycles. The Hall–Kier alpha value is -3.50. The summed E-state index contributed by atoms with van der Waals surface area (Å²) in [5.74, 6) is 1.44. The number of amides is 1. The van der Waals surface area contributed by atoms with Crippen LogP contribution in [0.3, 0.4) is 0 Å². The van der Waals surface area contributed by atoms with Crippen LogP contribution in [0, 0.1) is 0 Å². The van der Waals surface area contributed by atoms with Crippen LogP contribution in [0.25, 0.3) is 28.3 Å². The number of nitrogens with one attached hydrogen (secondary N) is 2. The van der Waals surface area contributed by atoms with Gasteiger partial charge in [-0.1, -0.05) is 0 Å². The predicted octanol–water partition coefficient (Wildman–Crippen LogP) is 2.61. The highest BCUT2D eigenvalue weighted by molar-refractivity contribution is 6.00. The zero-order valence-electron chi connectivity index (χ0n) is 19.2. The number of pyridine rings is 1. The summed E-state index contributed by atoms with van der Waals surface area (Å²) in [6, 6.07) is 6.31. The first-order valence-electron chi connectivity index (χ1n) is 11.6. The molecule has 0 radical (unpaired) electrons. The molecule has 3 atom stereocenters. The smallest absolute Gasteiger partial charge is 0.257 e. The highest BCUT2D eigenvalue weighted by Crippen LogP contribution is 2.36. The molecule has 2 aromatic rings. The zero-order valence-corrected chi connectivity index (χ0v) is 19.2. The second kappa shape index (κ2) is 8.37. The molecule has 2 fully saturated rings. The molecule has 0 aromatic carbocycles. The van der Waals surface area contributed by atoms with Crippen molar-refractivity contribution in [3.63, 3.8) is 0 Å². The predicted molar refractivity (Wildman–Crippen MR) is 126 cm³/mol. The van der Waals surface area contributed by atoms with E-state index in [1.165, 1.54) is 0 Å². The van der Waals surface area contributed by atoms with Gasteiger partial charge in [0.2, 0.25) is 0 Å². The summed E-state index contributed by atoms with van der Waals surface area (Å²) in [5.41, 5.74) is 3.58. The molecule has 1 amide bonds. The Labute approximate surface area is 196 Å². The molecule has 1 saturated carbocycles. The van der Waals surface area contributed by atoms with Gasteiger partial charge in [0.1, 0.15) is 17.2 Å². The molecule has 176 valence electrons. The molecule has 1 unspecified atom stereocenters. The van der Waals surface area contributed by atoms with Gasteiger partial charge in [-0.15, -0.1) is 0 Å². The molecule has 2 aromatic heterocycles. The Morgan fingerprint density at radius 1 is 1.24 bits per heavy atom. The molecule has 3 aliphatic heterocycles. The maximum absolute atomic E-state index is 13.1. The molecule has 6 rings (SSSR count). The van der Waals surface area contributed by atoms with Crippen molar-refractivity contribution < 1.29 is 14.3 Å². The van der Waals surface area contributed by atoms with E-state index >= 15 is 0 Å². The Morgan fingerprint density at radius 2 is 2.15 bits per heavy atom. The minimum atomic E-state index is -0.196. The minimum absolute atomic E-state index is 0.0117. The molecule has 0 bridgehead atoms. The van der Waals surface area contributed by atoms with E-state index in [0.717, 1.165) is 54.3 Å². The van der Waals surface area contributed by atoms with Gasteiger partial charge in [0, 0.05) is 50.4 Å². The summed E-state index contributed by atoms with van der Waals surface area (Å²) in [6.07, 6.45) is 8.36. The lowest BCUT2D eigenvalue weighted by molar-refractivity contribution is 0.00732. The summed E-state index contributed by atoms with van der Waals surface area (Å²) in [4.78, 5) is 22.7. The SMILES string of the molecule is CNc1cc(-c2cnc3n([C@@H]4CCOC4)cccc2-3)nc2c(C(=O)NC3CC[C@@H]3OC)cnn12. The Bertz CT molecular complexity index is 1320. The van der Waals surface area contributed by atoms with Crippen molar-refractivity contribution in [2.45, 2.75) is 37.5 Å². The van der Waals surface area contributed by atoms with E-state index in [1.54, 1.807) is 17.8 Å². The fraction of sp³-hybridized carbons (Fsp3) is 0.417. The average Bonchev–Trinajstić information content (AvgIpc) is 3.60. The van der Waals surface area contributed by atoms with Gasteiger partial charge >= 0.3 is 0 Å². The molecule has 5 heterocycles. The number of ether oxygens (including phenoxy) is 2. The number of anilines is 1. The van der Waals surface area contributed by atoms with Gasteiger partial charge in [-0.2, -0.15) is 9.61 Å². The maximum Gasteiger partial charge on any atom is 0.257 e. The number of fused-ring (bicyclic) bond motifs is 2. The van der Waals surface area contributed by atoms with Gasteiger partial charge in [0.25, 0.3) is 5.91 Å². The first kappa shape index (κ1) is 21.1. The molecule has 2 N–H and O–H groups in total. The van der Waals surface area contributed by atoms with Gasteiger partial charge in [0.15, 0.2) is 5.65 Å². The van der Waals surface area contributed by atoms with Crippen molar-refractivity contribution in [1.82, 2.24) is 29.5 Å². The van der Waals surface area contributed by atoms with E-state index in [2.05, 4.69) is 32.6 Å². The number of rotatable bonds is 6. The number of aromatic nitrogens is 5. The molecule has 1 saturated heterocycles. The summed E-state index contributed by atoms with van der Waals surface area (Å²) in [7, 11) is 3.50. The average molecular weight is 462 g/mol. The number of hydrogen-bond donors (Lipinski definition) is 2. The van der Waals surface area contributed by atoms with Gasteiger partial charge in [0.05, 0.1) is 36.7 Å². The Kier molecular flexibility index (Phi) is 5.19. The van der Waals surface area contributed by atoms with Crippen LogP contribution in [-0.2, 0) is 9.47 Å². The second-order valence-corrected chi connectivity index (χ2v) is 8.84. The van der Waals surface area contributed by atoms with Crippen LogP contribution in [0.1, 0.15) is 35.7 Å². The molecular weight excluding hydrogens is 434 g/mol. The molecule has 0 spiro atoms. The van der Waals surface area contributed by atoms with Crippen molar-refractivity contribution in [3.8, 4) is 22.6 Å². The third-order valence-corrected chi connectivity index (χ3v) is 6.98. The van der Waals surface area contributed by atoms with Gasteiger partial charge in [-0.25, -0.2) is 9.97 Å². The fourth-order valence-electron chi connectivity index (χ4n) is 4.90. The lowest BCUT2D eigenvalue weighted by Crippen LogP contribution is -2.51. The monoisotopic (exact) mass is 461 g/mol. The van der Waals surface area contributed by atoms with Gasteiger partial charge in [-0.05, 0) is 31.4 Å². The second-order valence-electron chi connectivity index (χ2n) is 8.84. The highest BCUT2D eigenvalue weighted by Gasteiger charge is 2.33. The summed E-state index contributed by atoms with van der Waals surface area (Å²) >= 11 is 0.